The van der Waals surface area contributed by atoms with E-state index in [0.29, 0.717) is 12.5 Å². The summed E-state index contributed by atoms with van der Waals surface area (Å²) in [5, 5.41) is 1.46. The van der Waals surface area contributed by atoms with E-state index in [1.165, 1.54) is 43.0 Å². The molecule has 0 atom stereocenters. The van der Waals surface area contributed by atoms with Crippen molar-refractivity contribution in [2.24, 2.45) is 0 Å². The summed E-state index contributed by atoms with van der Waals surface area (Å²) in [5.74, 6) is 0.549. The molecule has 136 valence electrons. The molecular formula is C20H35NO2Si. The van der Waals surface area contributed by atoms with Gasteiger partial charge in [-0.3, -0.25) is 4.79 Å². The predicted molar refractivity (Wildman–Crippen MR) is 104 cm³/mol. The van der Waals surface area contributed by atoms with E-state index in [9.17, 15) is 4.79 Å². The normalized spacial score (nSPS) is 17.1. The molecule has 24 heavy (non-hydrogen) atoms. The molecule has 0 radical (unpaired) electrons. The molecule has 1 fully saturated rings. The Morgan fingerprint density at radius 2 is 1.79 bits per heavy atom. The molecule has 1 heterocycles. The summed E-state index contributed by atoms with van der Waals surface area (Å²) in [6.45, 7) is 15.5. The summed E-state index contributed by atoms with van der Waals surface area (Å²) in [6.07, 6.45) is 8.85. The molecular weight excluding hydrogens is 314 g/mol. The quantitative estimate of drug-likeness (QED) is 0.581. The molecule has 2 rings (SSSR count). The Hall–Kier alpha value is -1.03. The van der Waals surface area contributed by atoms with Gasteiger partial charge >= 0.3 is 5.97 Å². The van der Waals surface area contributed by atoms with E-state index in [4.69, 9.17) is 4.74 Å². The maximum absolute atomic E-state index is 12.4. The number of carbonyl (C=O) groups is 1. The smallest absolute Gasteiger partial charge is 0.326 e. The van der Waals surface area contributed by atoms with Crippen molar-refractivity contribution in [3.63, 3.8) is 0 Å². The molecule has 1 aromatic rings. The zero-order valence-electron chi connectivity index (χ0n) is 16.7. The predicted octanol–water partition coefficient (Wildman–Crippen LogP) is 4.73. The lowest BCUT2D eigenvalue weighted by Gasteiger charge is -2.29. The first-order chi connectivity index (χ1) is 11.0. The Morgan fingerprint density at radius 1 is 1.21 bits per heavy atom. The first-order valence-corrected chi connectivity index (χ1v) is 12.9. The molecule has 4 heteroatoms. The van der Waals surface area contributed by atoms with Gasteiger partial charge < -0.3 is 9.30 Å². The summed E-state index contributed by atoms with van der Waals surface area (Å²) in [7, 11) is -1.56. The van der Waals surface area contributed by atoms with Crippen LogP contribution in [0.1, 0.15) is 69.9 Å². The maximum atomic E-state index is 12.4. The second-order valence-corrected chi connectivity index (χ2v) is 14.3. The van der Waals surface area contributed by atoms with Gasteiger partial charge in [-0.1, -0.05) is 38.9 Å². The molecule has 0 aromatic carbocycles. The van der Waals surface area contributed by atoms with Crippen LogP contribution in [0.4, 0.5) is 0 Å². The van der Waals surface area contributed by atoms with Crippen LogP contribution in [-0.4, -0.2) is 24.2 Å². The van der Waals surface area contributed by atoms with Crippen LogP contribution in [0, 0.1) is 6.92 Å². The minimum Gasteiger partial charge on any atom is -0.459 e. The van der Waals surface area contributed by atoms with E-state index in [1.54, 1.807) is 5.56 Å². The van der Waals surface area contributed by atoms with Gasteiger partial charge in [0.15, 0.2) is 0 Å². The highest BCUT2D eigenvalue weighted by Crippen LogP contribution is 2.35. The van der Waals surface area contributed by atoms with Gasteiger partial charge in [-0.25, -0.2) is 0 Å². The van der Waals surface area contributed by atoms with Crippen LogP contribution in [0.25, 0.3) is 0 Å². The second kappa shape index (κ2) is 7.07. The SMILES string of the molecule is Cc1cn(CC(=O)OC(C)(C)C)c([Si](C)(C)C)c1C1CCCCC1. The number of nitrogens with zero attached hydrogens (tertiary/aromatic N) is 1. The number of hydrogen-bond donors (Lipinski definition) is 0. The Bertz CT molecular complexity index is 584. The minimum absolute atomic E-state index is 0.132. The third-order valence-corrected chi connectivity index (χ3v) is 6.74. The van der Waals surface area contributed by atoms with Crippen LogP contribution in [0.2, 0.25) is 19.6 Å². The Labute approximate surface area is 148 Å². The molecule has 1 aliphatic rings. The fourth-order valence-corrected chi connectivity index (χ4v) is 6.30. The van der Waals surface area contributed by atoms with E-state index < -0.39 is 13.7 Å². The van der Waals surface area contributed by atoms with Crippen LogP contribution in [0.15, 0.2) is 6.20 Å². The van der Waals surface area contributed by atoms with Crippen molar-refractivity contribution >= 4 is 19.4 Å². The van der Waals surface area contributed by atoms with Crippen molar-refractivity contribution in [1.29, 1.82) is 0 Å². The van der Waals surface area contributed by atoms with Gasteiger partial charge in [-0.05, 0) is 57.6 Å². The van der Waals surface area contributed by atoms with E-state index in [1.807, 2.05) is 20.8 Å². The topological polar surface area (TPSA) is 31.2 Å². The van der Waals surface area contributed by atoms with Gasteiger partial charge in [-0.15, -0.1) is 0 Å². The van der Waals surface area contributed by atoms with Crippen molar-refractivity contribution in [2.75, 3.05) is 0 Å². The van der Waals surface area contributed by atoms with Crippen LogP contribution in [0.5, 0.6) is 0 Å². The minimum atomic E-state index is -1.56. The zero-order chi connectivity index (χ0) is 18.1. The van der Waals surface area contributed by atoms with Crippen LogP contribution in [-0.2, 0) is 16.1 Å². The summed E-state index contributed by atoms with van der Waals surface area (Å²) in [5.41, 5.74) is 2.49. The van der Waals surface area contributed by atoms with Crippen LogP contribution in [0.3, 0.4) is 0 Å². The summed E-state index contributed by atoms with van der Waals surface area (Å²) in [4.78, 5) is 12.4. The molecule has 0 unspecified atom stereocenters. The molecule has 1 aliphatic carbocycles. The van der Waals surface area contributed by atoms with Crippen molar-refractivity contribution in [3.05, 3.63) is 17.3 Å². The van der Waals surface area contributed by atoms with Gasteiger partial charge in [0, 0.05) is 11.5 Å². The first-order valence-electron chi connectivity index (χ1n) is 9.41. The van der Waals surface area contributed by atoms with Gasteiger partial charge in [0.1, 0.15) is 12.1 Å². The van der Waals surface area contributed by atoms with Crippen molar-refractivity contribution in [1.82, 2.24) is 4.57 Å². The highest BCUT2D eigenvalue weighted by molar-refractivity contribution is 6.88. The van der Waals surface area contributed by atoms with Crippen LogP contribution >= 0.6 is 0 Å². The number of carbonyl (C=O) groups excluding carboxylic acids is 1. The zero-order valence-corrected chi connectivity index (χ0v) is 17.7. The molecule has 0 saturated heterocycles. The van der Waals surface area contributed by atoms with Crippen molar-refractivity contribution in [2.45, 2.75) is 97.5 Å². The average molecular weight is 350 g/mol. The van der Waals surface area contributed by atoms with Gasteiger partial charge in [0.05, 0.1) is 8.07 Å². The highest BCUT2D eigenvalue weighted by Gasteiger charge is 2.31. The van der Waals surface area contributed by atoms with Gasteiger partial charge in [-0.2, -0.15) is 0 Å². The number of hydrogen-bond acceptors (Lipinski definition) is 2. The van der Waals surface area contributed by atoms with E-state index >= 15 is 0 Å². The largest absolute Gasteiger partial charge is 0.459 e. The Balaban J connectivity index is 2.36. The van der Waals surface area contributed by atoms with Gasteiger partial charge in [0.25, 0.3) is 0 Å². The van der Waals surface area contributed by atoms with Crippen LogP contribution < -0.4 is 5.32 Å². The number of aryl methyl sites for hydroxylation is 1. The van der Waals surface area contributed by atoms with E-state index in [2.05, 4.69) is 37.3 Å². The molecule has 0 bridgehead atoms. The number of aromatic nitrogens is 1. The lowest BCUT2D eigenvalue weighted by molar-refractivity contribution is -0.155. The summed E-state index contributed by atoms with van der Waals surface area (Å²) in [6, 6.07) is 0. The van der Waals surface area contributed by atoms with Crippen molar-refractivity contribution < 1.29 is 9.53 Å². The molecule has 0 spiro atoms. The molecule has 0 amide bonds. The summed E-state index contributed by atoms with van der Waals surface area (Å²) < 4.78 is 7.77. The second-order valence-electron chi connectivity index (χ2n) is 9.37. The highest BCUT2D eigenvalue weighted by atomic mass is 28.3. The molecule has 3 nitrogen and oxygen atoms in total. The maximum Gasteiger partial charge on any atom is 0.326 e. The third-order valence-electron chi connectivity index (χ3n) is 4.76. The average Bonchev–Trinajstić information content (AvgIpc) is 2.73. The first kappa shape index (κ1) is 19.3. The number of ether oxygens (including phenoxy) is 1. The van der Waals surface area contributed by atoms with Gasteiger partial charge in [0.2, 0.25) is 0 Å². The summed E-state index contributed by atoms with van der Waals surface area (Å²) >= 11 is 0. The van der Waals surface area contributed by atoms with E-state index in [0.717, 1.165) is 0 Å². The number of esters is 1. The monoisotopic (exact) mass is 349 g/mol. The Morgan fingerprint density at radius 3 is 2.29 bits per heavy atom. The lowest BCUT2D eigenvalue weighted by Crippen LogP contribution is -2.46. The fraction of sp³-hybridized carbons (Fsp3) is 0.750. The Kier molecular flexibility index (Phi) is 5.68. The molecule has 0 N–H and O–H groups in total. The number of rotatable bonds is 4. The molecule has 1 aromatic heterocycles. The fourth-order valence-electron chi connectivity index (χ4n) is 4.09. The molecule has 1 saturated carbocycles. The van der Waals surface area contributed by atoms with Crippen molar-refractivity contribution in [3.8, 4) is 0 Å². The third kappa shape index (κ3) is 4.75. The van der Waals surface area contributed by atoms with E-state index in [-0.39, 0.29) is 5.97 Å². The molecule has 0 aliphatic heterocycles. The standard InChI is InChI=1S/C20H35NO2Si/c1-15-13-21(14-17(22)23-20(2,3)4)19(24(5,6)7)18(15)16-11-9-8-10-12-16/h13,16H,8-12,14H2,1-7H3. The lowest BCUT2D eigenvalue weighted by atomic mass is 9.84.